The molecule has 0 saturated carbocycles. The van der Waals surface area contributed by atoms with Gasteiger partial charge in [0.05, 0.1) is 11.3 Å². The zero-order chi connectivity index (χ0) is 19.6. The molecule has 0 atom stereocenters. The van der Waals surface area contributed by atoms with Gasteiger partial charge in [-0.3, -0.25) is 4.98 Å². The average molecular weight is 376 g/mol. The summed E-state index contributed by atoms with van der Waals surface area (Å²) in [5.41, 5.74) is 7.58. The standard InChI is InChI=1S/C17H15F3N6O/c1-9(2)23-13-4-3-10(7-14(13)25-21)16-24-15(26-27-16)11-5-6-22-8-12(11)17(18,19)20/h3-9,21,23H,1-2H3. The quantitative estimate of drug-likeness (QED) is 0.589. The normalized spacial score (nSPS) is 11.6. The fraction of sp³-hybridized carbons (Fsp3) is 0.235. The number of alkyl halides is 3. The van der Waals surface area contributed by atoms with E-state index in [-0.39, 0.29) is 23.3 Å². The minimum atomic E-state index is -4.59. The van der Waals surface area contributed by atoms with Crippen LogP contribution in [0.25, 0.3) is 22.8 Å². The molecule has 2 aromatic heterocycles. The molecule has 0 radical (unpaired) electrons. The van der Waals surface area contributed by atoms with Crippen LogP contribution in [0.5, 0.6) is 0 Å². The van der Waals surface area contributed by atoms with Crippen molar-refractivity contribution in [2.45, 2.75) is 26.1 Å². The second kappa shape index (κ2) is 7.14. The molecule has 3 aromatic rings. The van der Waals surface area contributed by atoms with Crippen molar-refractivity contribution >= 4 is 11.4 Å². The van der Waals surface area contributed by atoms with E-state index in [2.05, 4.69) is 25.6 Å². The van der Waals surface area contributed by atoms with E-state index in [1.54, 1.807) is 18.2 Å². The first-order chi connectivity index (χ1) is 12.8. The Balaban J connectivity index is 1.99. The van der Waals surface area contributed by atoms with Crippen LogP contribution in [0.2, 0.25) is 0 Å². The Labute approximate surface area is 152 Å². The van der Waals surface area contributed by atoms with Crippen LogP contribution in [-0.4, -0.2) is 21.2 Å². The van der Waals surface area contributed by atoms with Crippen LogP contribution in [0.3, 0.4) is 0 Å². The van der Waals surface area contributed by atoms with Crippen molar-refractivity contribution < 1.29 is 17.7 Å². The molecular formula is C17H15F3N6O. The molecule has 0 aliphatic carbocycles. The fourth-order valence-electron chi connectivity index (χ4n) is 2.46. The molecule has 0 unspecified atom stereocenters. The molecule has 1 aromatic carbocycles. The van der Waals surface area contributed by atoms with Gasteiger partial charge in [0.15, 0.2) is 0 Å². The summed E-state index contributed by atoms with van der Waals surface area (Å²) < 4.78 is 44.6. The van der Waals surface area contributed by atoms with Crippen molar-refractivity contribution in [2.75, 3.05) is 5.32 Å². The Kier molecular flexibility index (Phi) is 4.89. The van der Waals surface area contributed by atoms with E-state index in [9.17, 15) is 13.2 Å². The highest BCUT2D eigenvalue weighted by Gasteiger charge is 2.35. The van der Waals surface area contributed by atoms with Crippen molar-refractivity contribution in [3.63, 3.8) is 0 Å². The monoisotopic (exact) mass is 376 g/mol. The molecule has 0 aliphatic heterocycles. The van der Waals surface area contributed by atoms with Gasteiger partial charge < -0.3 is 9.84 Å². The number of nitrogens with zero attached hydrogens (tertiary/aromatic N) is 4. The molecule has 3 rings (SSSR count). The Morgan fingerprint density at radius 2 is 2.00 bits per heavy atom. The van der Waals surface area contributed by atoms with Crippen LogP contribution in [0.1, 0.15) is 19.4 Å². The number of rotatable bonds is 5. The lowest BCUT2D eigenvalue weighted by Gasteiger charge is -2.12. The first-order valence-corrected chi connectivity index (χ1v) is 7.93. The first kappa shape index (κ1) is 18.5. The maximum Gasteiger partial charge on any atom is 0.418 e. The number of hydrogen-bond acceptors (Lipinski definition) is 7. The van der Waals surface area contributed by atoms with Gasteiger partial charge >= 0.3 is 6.18 Å². The first-order valence-electron chi connectivity index (χ1n) is 7.93. The molecule has 27 heavy (non-hydrogen) atoms. The van der Waals surface area contributed by atoms with E-state index >= 15 is 0 Å². The molecular weight excluding hydrogens is 361 g/mol. The zero-order valence-electron chi connectivity index (χ0n) is 14.4. The summed E-state index contributed by atoms with van der Waals surface area (Å²) in [5.74, 6) is -0.176. The van der Waals surface area contributed by atoms with Gasteiger partial charge in [-0.05, 0) is 38.1 Å². The second-order valence-corrected chi connectivity index (χ2v) is 5.98. The van der Waals surface area contributed by atoms with Gasteiger partial charge in [0, 0.05) is 29.6 Å². The van der Waals surface area contributed by atoms with Crippen molar-refractivity contribution in [1.82, 2.24) is 15.1 Å². The van der Waals surface area contributed by atoms with Crippen LogP contribution in [0.15, 0.2) is 46.3 Å². The third-order valence-electron chi connectivity index (χ3n) is 3.60. The molecule has 7 nitrogen and oxygen atoms in total. The molecule has 0 fully saturated rings. The van der Waals surface area contributed by atoms with Gasteiger partial charge in [-0.1, -0.05) is 5.16 Å². The van der Waals surface area contributed by atoms with E-state index in [1.807, 2.05) is 13.8 Å². The summed E-state index contributed by atoms with van der Waals surface area (Å²) in [6.45, 7) is 3.89. The highest BCUT2D eigenvalue weighted by molar-refractivity contribution is 5.73. The minimum Gasteiger partial charge on any atom is -0.381 e. The van der Waals surface area contributed by atoms with E-state index in [1.165, 1.54) is 12.3 Å². The molecule has 0 aliphatic rings. The van der Waals surface area contributed by atoms with Crippen LogP contribution >= 0.6 is 0 Å². The molecule has 140 valence electrons. The minimum absolute atomic E-state index is 0.0240. The van der Waals surface area contributed by atoms with Crippen LogP contribution in [-0.2, 0) is 6.18 Å². The number of anilines is 1. The van der Waals surface area contributed by atoms with Gasteiger partial charge in [0.25, 0.3) is 5.89 Å². The molecule has 0 amide bonds. The summed E-state index contributed by atoms with van der Waals surface area (Å²) >= 11 is 0. The SMILES string of the molecule is CC(C)Nc1ccc(-c2nc(-c3ccncc3C(F)(F)F)no2)cc1N=N. The van der Waals surface area contributed by atoms with Crippen molar-refractivity contribution in [1.29, 1.82) is 5.53 Å². The Morgan fingerprint density at radius 3 is 2.67 bits per heavy atom. The predicted molar refractivity (Wildman–Crippen MR) is 91.5 cm³/mol. The maximum atomic E-state index is 13.1. The Morgan fingerprint density at radius 1 is 1.22 bits per heavy atom. The van der Waals surface area contributed by atoms with E-state index in [0.717, 1.165) is 6.20 Å². The number of hydrogen-bond donors (Lipinski definition) is 2. The summed E-state index contributed by atoms with van der Waals surface area (Å²) in [6, 6.07) is 6.22. The highest BCUT2D eigenvalue weighted by Crippen LogP contribution is 2.36. The van der Waals surface area contributed by atoms with Crippen molar-refractivity contribution in [2.24, 2.45) is 5.11 Å². The van der Waals surface area contributed by atoms with E-state index < -0.39 is 11.7 Å². The molecule has 0 saturated heterocycles. The van der Waals surface area contributed by atoms with Crippen LogP contribution in [0.4, 0.5) is 24.5 Å². The van der Waals surface area contributed by atoms with Gasteiger partial charge in [0.1, 0.15) is 5.69 Å². The van der Waals surface area contributed by atoms with E-state index in [4.69, 9.17) is 10.1 Å². The molecule has 0 spiro atoms. The Hall–Kier alpha value is -3.30. The van der Waals surface area contributed by atoms with Crippen molar-refractivity contribution in [3.05, 3.63) is 42.2 Å². The van der Waals surface area contributed by atoms with Crippen molar-refractivity contribution in [3.8, 4) is 22.8 Å². The molecule has 2 N–H and O–H groups in total. The number of aromatic nitrogens is 3. The summed E-state index contributed by atoms with van der Waals surface area (Å²) in [5, 5.41) is 10.3. The summed E-state index contributed by atoms with van der Waals surface area (Å²) in [7, 11) is 0. The lowest BCUT2D eigenvalue weighted by molar-refractivity contribution is -0.137. The average Bonchev–Trinajstić information content (AvgIpc) is 3.11. The molecule has 0 bridgehead atoms. The largest absolute Gasteiger partial charge is 0.418 e. The number of benzene rings is 1. The zero-order valence-corrected chi connectivity index (χ0v) is 14.4. The molecule has 10 heteroatoms. The Bertz CT molecular complexity index is 967. The molecule has 2 heterocycles. The van der Waals surface area contributed by atoms with Gasteiger partial charge in [-0.2, -0.15) is 23.3 Å². The number of pyridine rings is 1. The topological polar surface area (TPSA) is 100 Å². The third-order valence-corrected chi connectivity index (χ3v) is 3.60. The lowest BCUT2D eigenvalue weighted by atomic mass is 10.1. The second-order valence-electron chi connectivity index (χ2n) is 5.98. The third kappa shape index (κ3) is 3.94. The van der Waals surface area contributed by atoms with Crippen LogP contribution < -0.4 is 5.32 Å². The maximum absolute atomic E-state index is 13.1. The lowest BCUT2D eigenvalue weighted by Crippen LogP contribution is -2.09. The van der Waals surface area contributed by atoms with Gasteiger partial charge in [-0.25, -0.2) is 5.53 Å². The van der Waals surface area contributed by atoms with Crippen LogP contribution in [0, 0.1) is 5.53 Å². The smallest absolute Gasteiger partial charge is 0.381 e. The highest BCUT2D eigenvalue weighted by atomic mass is 19.4. The summed E-state index contributed by atoms with van der Waals surface area (Å²) in [4.78, 5) is 7.57. The van der Waals surface area contributed by atoms with Gasteiger partial charge in [-0.15, -0.1) is 0 Å². The van der Waals surface area contributed by atoms with E-state index in [0.29, 0.717) is 16.9 Å². The van der Waals surface area contributed by atoms with Gasteiger partial charge in [0.2, 0.25) is 5.82 Å². The summed E-state index contributed by atoms with van der Waals surface area (Å²) in [6.07, 6.45) is -2.65. The number of nitrogens with one attached hydrogen (secondary N) is 2. The number of halogens is 3. The fourth-order valence-corrected chi connectivity index (χ4v) is 2.46. The predicted octanol–water partition coefficient (Wildman–Crippen LogP) is 5.30.